The van der Waals surface area contributed by atoms with Gasteiger partial charge in [-0.05, 0) is 145 Å². The quantitative estimate of drug-likeness (QED) is 0.0398. The maximum absolute atomic E-state index is 13.2. The van der Waals surface area contributed by atoms with E-state index in [1.807, 2.05) is 21.6 Å². The number of hydrogen-bond donors (Lipinski definition) is 1. The van der Waals surface area contributed by atoms with Crippen LogP contribution in [0.4, 0.5) is 26.3 Å². The van der Waals surface area contributed by atoms with E-state index in [1.54, 1.807) is 7.11 Å². The summed E-state index contributed by atoms with van der Waals surface area (Å²) in [6.07, 6.45) is 1.19. The minimum Gasteiger partial charge on any atom is -0.492 e. The van der Waals surface area contributed by atoms with Crippen LogP contribution in [0.25, 0.3) is 0 Å². The molecule has 1 aromatic rings. The minimum atomic E-state index is -5.56. The van der Waals surface area contributed by atoms with Crippen LogP contribution in [0.5, 0.6) is 5.75 Å². The summed E-state index contributed by atoms with van der Waals surface area (Å²) >= 11 is 0. The van der Waals surface area contributed by atoms with Gasteiger partial charge in [-0.2, -0.15) is 26.3 Å². The molecule has 0 radical (unpaired) electrons. The number of halogens is 6. The van der Waals surface area contributed by atoms with Gasteiger partial charge in [-0.15, -0.1) is 0 Å². The van der Waals surface area contributed by atoms with Crippen LogP contribution in [0.3, 0.4) is 0 Å². The summed E-state index contributed by atoms with van der Waals surface area (Å²) in [5.74, 6) is 3.60. The Morgan fingerprint density at radius 1 is 0.933 bits per heavy atom. The highest BCUT2D eigenvalue weighted by atomic mass is 33.1. The minimum absolute atomic E-state index is 0.0387. The van der Waals surface area contributed by atoms with Crippen molar-refractivity contribution in [2.75, 3.05) is 66.0 Å². The molecule has 0 saturated heterocycles. The van der Waals surface area contributed by atoms with Gasteiger partial charge in [0.05, 0.1) is 25.9 Å². The molecule has 7 unspecified atom stereocenters. The van der Waals surface area contributed by atoms with Crippen LogP contribution in [0, 0.1) is 23.2 Å². The number of likely N-dealkylation sites (N-methyl/N-ethyl adjacent to an activating group) is 1. The molecule has 0 amide bonds. The van der Waals surface area contributed by atoms with Crippen molar-refractivity contribution in [1.82, 2.24) is 4.90 Å². The Labute approximate surface area is 363 Å². The van der Waals surface area contributed by atoms with Crippen LogP contribution >= 0.6 is 29.8 Å². The van der Waals surface area contributed by atoms with Crippen molar-refractivity contribution in [3.63, 3.8) is 0 Å². The molecular formula is C43H70F6NO7PS2. The summed E-state index contributed by atoms with van der Waals surface area (Å²) in [4.78, 5) is 11.3. The number of methoxy groups -OCH3 is 1. The van der Waals surface area contributed by atoms with Crippen molar-refractivity contribution in [3.05, 3.63) is 29.3 Å². The van der Waals surface area contributed by atoms with Gasteiger partial charge in [0.1, 0.15) is 12.4 Å². The van der Waals surface area contributed by atoms with E-state index in [1.165, 1.54) is 24.0 Å². The fourth-order valence-corrected chi connectivity index (χ4v) is 12.6. The van der Waals surface area contributed by atoms with E-state index < -0.39 is 32.8 Å². The van der Waals surface area contributed by atoms with Gasteiger partial charge in [-0.1, -0.05) is 53.8 Å². The fourth-order valence-electron chi connectivity index (χ4n) is 9.48. The largest absolute Gasteiger partial charge is 0.492 e. The second-order valence-electron chi connectivity index (χ2n) is 18.2. The number of benzene rings is 1. The van der Waals surface area contributed by atoms with Crippen molar-refractivity contribution < 1.29 is 59.3 Å². The molecule has 0 heterocycles. The average molecular weight is 922 g/mol. The molecule has 2 saturated carbocycles. The predicted molar refractivity (Wildman–Crippen MR) is 229 cm³/mol. The average Bonchev–Trinajstić information content (AvgIpc) is 3.51. The Morgan fingerprint density at radius 3 is 2.37 bits per heavy atom. The first-order valence-electron chi connectivity index (χ1n) is 21.7. The number of fused-ring (bicyclic) bond motifs is 5. The zero-order valence-corrected chi connectivity index (χ0v) is 39.0. The van der Waals surface area contributed by atoms with Crippen molar-refractivity contribution in [2.45, 2.75) is 146 Å². The molecule has 1 N–H and O–H groups in total. The number of rotatable bonds is 27. The summed E-state index contributed by atoms with van der Waals surface area (Å²) in [7, 11) is 4.80. The lowest BCUT2D eigenvalue weighted by atomic mass is 9.55. The van der Waals surface area contributed by atoms with Gasteiger partial charge in [0, 0.05) is 36.7 Å². The van der Waals surface area contributed by atoms with Crippen LogP contribution in [0.1, 0.15) is 122 Å². The molecule has 8 nitrogen and oxygen atoms in total. The fraction of sp³-hybridized carbons (Fsp3) is 0.860. The van der Waals surface area contributed by atoms with E-state index >= 15 is 0 Å². The molecule has 0 aliphatic heterocycles. The van der Waals surface area contributed by atoms with Gasteiger partial charge in [0.2, 0.25) is 0 Å². The first kappa shape index (κ1) is 51.9. The van der Waals surface area contributed by atoms with Crippen molar-refractivity contribution >= 4 is 29.8 Å². The Bertz CT molecular complexity index is 1460. The molecule has 4 rings (SSSR count). The SMILES string of the molecule is COCC(CCCCCCSSC(C)(C)CCN(C)CCOc1ccc2c(c1)CCC1C2CCC2(C)C(OCCCOC(C)(C(F)(F)F)C(F)(F)F)CCC12)CO[PH](=O)O. The van der Waals surface area contributed by atoms with E-state index in [0.717, 1.165) is 88.8 Å². The zero-order valence-electron chi connectivity index (χ0n) is 36.4. The first-order valence-corrected chi connectivity index (χ1v) is 25.3. The van der Waals surface area contributed by atoms with E-state index in [9.17, 15) is 30.9 Å². The molecule has 0 bridgehead atoms. The maximum atomic E-state index is 13.2. The second-order valence-corrected chi connectivity index (χ2v) is 22.1. The third-order valence-corrected chi connectivity index (χ3v) is 17.1. The lowest BCUT2D eigenvalue weighted by Gasteiger charge is -2.50. The molecular weight excluding hydrogens is 852 g/mol. The smallest absolute Gasteiger partial charge is 0.426 e. The third-order valence-electron chi connectivity index (χ3n) is 13.2. The Kier molecular flexibility index (Phi) is 20.3. The van der Waals surface area contributed by atoms with Gasteiger partial charge in [-0.25, -0.2) is 0 Å². The van der Waals surface area contributed by atoms with Gasteiger partial charge in [0.25, 0.3) is 5.60 Å². The maximum Gasteiger partial charge on any atom is 0.426 e. The number of aryl methyl sites for hydroxylation is 1. The van der Waals surface area contributed by atoms with Gasteiger partial charge in [-0.3, -0.25) is 4.57 Å². The van der Waals surface area contributed by atoms with E-state index in [2.05, 4.69) is 55.7 Å². The number of hydrogen-bond acceptors (Lipinski definition) is 9. The van der Waals surface area contributed by atoms with E-state index in [0.29, 0.717) is 31.0 Å². The lowest BCUT2D eigenvalue weighted by Crippen LogP contribution is -2.56. The summed E-state index contributed by atoms with van der Waals surface area (Å²) < 4.78 is 117. The van der Waals surface area contributed by atoms with Gasteiger partial charge >= 0.3 is 20.6 Å². The van der Waals surface area contributed by atoms with Crippen LogP contribution in [0.15, 0.2) is 18.2 Å². The molecule has 2 fully saturated rings. The van der Waals surface area contributed by atoms with Crippen LogP contribution in [-0.2, 0) is 29.7 Å². The molecule has 0 spiro atoms. The van der Waals surface area contributed by atoms with Crippen molar-refractivity contribution in [1.29, 1.82) is 0 Å². The zero-order chi connectivity index (χ0) is 44.2. The Hall–Kier alpha value is -0.710. The van der Waals surface area contributed by atoms with Crippen LogP contribution in [0.2, 0.25) is 0 Å². The highest BCUT2D eigenvalue weighted by Gasteiger charge is 2.69. The molecule has 17 heteroatoms. The molecule has 3 aliphatic rings. The molecule has 7 atom stereocenters. The van der Waals surface area contributed by atoms with Crippen LogP contribution < -0.4 is 4.74 Å². The molecule has 0 aromatic heterocycles. The van der Waals surface area contributed by atoms with Crippen molar-refractivity contribution in [2.24, 2.45) is 23.2 Å². The predicted octanol–water partition coefficient (Wildman–Crippen LogP) is 11.7. The van der Waals surface area contributed by atoms with Gasteiger partial charge in [0.15, 0.2) is 0 Å². The number of unbranched alkanes of at least 4 members (excludes halogenated alkanes) is 3. The monoisotopic (exact) mass is 921 g/mol. The highest BCUT2D eigenvalue weighted by Crippen LogP contribution is 2.61. The number of ether oxygens (including phenoxy) is 4. The normalized spacial score (nSPS) is 24.6. The molecule has 3 aliphatic carbocycles. The standard InChI is InChI=1S/C43H70F6NO7PS2/c1-39(2,60-59-27-10-8-7-9-12-31(29-53-6)30-57-58(51)52)21-22-50(5)23-26-54-33-14-16-34-32(28-33)13-15-36-35(34)19-20-40(3)37(36)17-18-38(40)55-24-11-25-56-41(4,42(44,45)46)43(47,48)49/h14,16,28,31,35-38,58H,7-13,15,17-27,29-30H2,1-6H3,(H,51,52). The Balaban J connectivity index is 1.11. The number of nitrogens with zero attached hydrogens (tertiary/aromatic N) is 1. The molecule has 348 valence electrons. The lowest BCUT2D eigenvalue weighted by molar-refractivity contribution is -0.374. The van der Waals surface area contributed by atoms with E-state index in [4.69, 9.17) is 23.6 Å². The van der Waals surface area contributed by atoms with Crippen LogP contribution in [-0.4, -0.2) is 105 Å². The molecule has 1 aromatic carbocycles. The van der Waals surface area contributed by atoms with E-state index in [-0.39, 0.29) is 48.7 Å². The van der Waals surface area contributed by atoms with Gasteiger partial charge < -0.3 is 33.3 Å². The highest BCUT2D eigenvalue weighted by molar-refractivity contribution is 8.77. The second kappa shape index (κ2) is 23.5. The molecule has 60 heavy (non-hydrogen) atoms. The summed E-state index contributed by atoms with van der Waals surface area (Å²) in [6.45, 7) is 9.53. The topological polar surface area (TPSA) is 86.7 Å². The summed E-state index contributed by atoms with van der Waals surface area (Å²) in [5, 5.41) is 0. The van der Waals surface area contributed by atoms with Crippen molar-refractivity contribution in [3.8, 4) is 5.75 Å². The number of alkyl halides is 6. The first-order chi connectivity index (χ1) is 28.2. The summed E-state index contributed by atoms with van der Waals surface area (Å²) in [6, 6.07) is 6.58. The summed E-state index contributed by atoms with van der Waals surface area (Å²) in [5.41, 5.74) is -1.51. The third kappa shape index (κ3) is 14.7. The Morgan fingerprint density at radius 2 is 1.67 bits per heavy atom.